The summed E-state index contributed by atoms with van der Waals surface area (Å²) in [5, 5.41) is 0. The van der Waals surface area contributed by atoms with Crippen LogP contribution in [0.4, 0.5) is 0 Å². The first-order valence-electron chi connectivity index (χ1n) is 6.45. The normalized spacial score (nSPS) is 11.4. The first kappa shape index (κ1) is 13.5. The number of nitrogens with two attached hydrogens (primary N) is 1. The molecule has 7 heteroatoms. The van der Waals surface area contributed by atoms with Crippen molar-refractivity contribution in [3.8, 4) is 0 Å². The van der Waals surface area contributed by atoms with E-state index in [-0.39, 0.29) is 24.3 Å². The Balaban J connectivity index is 2.98. The van der Waals surface area contributed by atoms with E-state index in [4.69, 9.17) is 5.73 Å². The fourth-order valence-electron chi connectivity index (χ4n) is 2.34. The lowest BCUT2D eigenvalue weighted by Crippen LogP contribution is -2.41. The molecule has 2 aromatic rings. The molecule has 0 bridgehead atoms. The van der Waals surface area contributed by atoms with Gasteiger partial charge in [0.1, 0.15) is 5.82 Å². The van der Waals surface area contributed by atoms with Gasteiger partial charge in [0.25, 0.3) is 5.56 Å². The minimum atomic E-state index is -0.341. The zero-order valence-electron chi connectivity index (χ0n) is 11.5. The van der Waals surface area contributed by atoms with Crippen molar-refractivity contribution in [2.24, 2.45) is 12.8 Å². The maximum Gasteiger partial charge on any atom is 0.332 e. The summed E-state index contributed by atoms with van der Waals surface area (Å²) in [4.78, 5) is 29.1. The zero-order valence-corrected chi connectivity index (χ0v) is 11.5. The monoisotopic (exact) mass is 265 g/mol. The molecule has 2 aromatic heterocycles. The predicted octanol–water partition coefficient (Wildman–Crippen LogP) is -0.562. The minimum Gasteiger partial charge on any atom is -0.329 e. The van der Waals surface area contributed by atoms with Gasteiger partial charge in [0.05, 0.1) is 0 Å². The van der Waals surface area contributed by atoms with Crippen molar-refractivity contribution in [1.82, 2.24) is 18.7 Å². The molecule has 2 heterocycles. The van der Waals surface area contributed by atoms with Crippen LogP contribution < -0.4 is 17.0 Å². The molecule has 0 aliphatic heterocycles. The van der Waals surface area contributed by atoms with Gasteiger partial charge in [-0.3, -0.25) is 13.9 Å². The van der Waals surface area contributed by atoms with Crippen molar-refractivity contribution >= 4 is 11.2 Å². The van der Waals surface area contributed by atoms with Gasteiger partial charge in [-0.1, -0.05) is 6.92 Å². The lowest BCUT2D eigenvalue weighted by Gasteiger charge is -2.09. The zero-order chi connectivity index (χ0) is 14.2. The molecule has 0 aliphatic carbocycles. The van der Waals surface area contributed by atoms with E-state index in [0.717, 1.165) is 5.82 Å². The topological polar surface area (TPSA) is 87.8 Å². The van der Waals surface area contributed by atoms with Crippen molar-refractivity contribution < 1.29 is 0 Å². The van der Waals surface area contributed by atoms with Crippen LogP contribution in [0.25, 0.3) is 11.2 Å². The fourth-order valence-corrected chi connectivity index (χ4v) is 2.34. The summed E-state index contributed by atoms with van der Waals surface area (Å²) in [6.45, 7) is 4.77. The number of rotatable bonds is 4. The number of fused-ring (bicyclic) bond motifs is 1. The molecule has 2 N–H and O–H groups in total. The van der Waals surface area contributed by atoms with E-state index in [1.807, 2.05) is 13.8 Å². The molecule has 7 nitrogen and oxygen atoms in total. The van der Waals surface area contributed by atoms with Gasteiger partial charge >= 0.3 is 5.69 Å². The third-order valence-electron chi connectivity index (χ3n) is 3.32. The van der Waals surface area contributed by atoms with Gasteiger partial charge in [0.15, 0.2) is 11.2 Å². The Labute approximate surface area is 110 Å². The maximum atomic E-state index is 12.4. The Morgan fingerprint density at radius 1 is 1.21 bits per heavy atom. The van der Waals surface area contributed by atoms with Crippen LogP contribution in [0.2, 0.25) is 0 Å². The molecule has 0 saturated heterocycles. The van der Waals surface area contributed by atoms with Gasteiger partial charge in [-0.2, -0.15) is 0 Å². The summed E-state index contributed by atoms with van der Waals surface area (Å²) in [7, 11) is 1.80. The van der Waals surface area contributed by atoms with Gasteiger partial charge in [-0.25, -0.2) is 9.78 Å². The molecule has 0 aliphatic rings. The number of imidazole rings is 1. The van der Waals surface area contributed by atoms with E-state index in [1.165, 1.54) is 9.13 Å². The molecule has 0 fully saturated rings. The maximum absolute atomic E-state index is 12.4. The Kier molecular flexibility index (Phi) is 3.57. The molecule has 0 radical (unpaired) electrons. The van der Waals surface area contributed by atoms with E-state index in [1.54, 1.807) is 11.6 Å². The summed E-state index contributed by atoms with van der Waals surface area (Å²) < 4.78 is 4.47. The number of hydrogen-bond acceptors (Lipinski definition) is 4. The summed E-state index contributed by atoms with van der Waals surface area (Å²) in [5.41, 5.74) is 5.74. The molecular weight excluding hydrogens is 246 g/mol. The van der Waals surface area contributed by atoms with Gasteiger partial charge in [-0.05, 0) is 6.92 Å². The molecule has 0 saturated carbocycles. The summed E-state index contributed by atoms with van der Waals surface area (Å²) in [6.07, 6.45) is 0.708. The van der Waals surface area contributed by atoms with Crippen LogP contribution in [0, 0.1) is 0 Å². The molecule has 0 amide bonds. The largest absolute Gasteiger partial charge is 0.332 e. The molecule has 0 spiro atoms. The molecule has 0 aromatic carbocycles. The summed E-state index contributed by atoms with van der Waals surface area (Å²) in [5.74, 6) is 0.791. The second-order valence-corrected chi connectivity index (χ2v) is 4.39. The van der Waals surface area contributed by atoms with Crippen LogP contribution in [-0.4, -0.2) is 25.2 Å². The summed E-state index contributed by atoms with van der Waals surface area (Å²) >= 11 is 0. The van der Waals surface area contributed by atoms with E-state index < -0.39 is 0 Å². The van der Waals surface area contributed by atoms with Crippen molar-refractivity contribution in [3.05, 3.63) is 26.7 Å². The van der Waals surface area contributed by atoms with Gasteiger partial charge < -0.3 is 10.3 Å². The molecular formula is C12H19N5O2. The number of aryl methyl sites for hydroxylation is 3. The average molecular weight is 265 g/mol. The lowest BCUT2D eigenvalue weighted by molar-refractivity contribution is 0.585. The second-order valence-electron chi connectivity index (χ2n) is 4.39. The van der Waals surface area contributed by atoms with E-state index in [9.17, 15) is 9.59 Å². The van der Waals surface area contributed by atoms with Crippen molar-refractivity contribution in [3.63, 3.8) is 0 Å². The van der Waals surface area contributed by atoms with E-state index >= 15 is 0 Å². The average Bonchev–Trinajstić information content (AvgIpc) is 2.72. The van der Waals surface area contributed by atoms with Crippen LogP contribution in [-0.2, 0) is 26.6 Å². The first-order valence-corrected chi connectivity index (χ1v) is 6.45. The molecule has 0 atom stereocenters. The van der Waals surface area contributed by atoms with Crippen LogP contribution >= 0.6 is 0 Å². The van der Waals surface area contributed by atoms with Gasteiger partial charge in [0.2, 0.25) is 0 Å². The third-order valence-corrected chi connectivity index (χ3v) is 3.32. The smallest absolute Gasteiger partial charge is 0.329 e. The van der Waals surface area contributed by atoms with Gasteiger partial charge in [0, 0.05) is 33.1 Å². The highest BCUT2D eigenvalue weighted by atomic mass is 16.2. The van der Waals surface area contributed by atoms with Crippen LogP contribution in [0.1, 0.15) is 19.7 Å². The Morgan fingerprint density at radius 2 is 1.89 bits per heavy atom. The predicted molar refractivity (Wildman–Crippen MR) is 73.3 cm³/mol. The van der Waals surface area contributed by atoms with Crippen molar-refractivity contribution in [1.29, 1.82) is 0 Å². The Morgan fingerprint density at radius 3 is 2.42 bits per heavy atom. The second kappa shape index (κ2) is 5.00. The molecule has 104 valence electrons. The number of hydrogen-bond donors (Lipinski definition) is 1. The lowest BCUT2D eigenvalue weighted by atomic mass is 10.4. The van der Waals surface area contributed by atoms with Crippen LogP contribution in [0.15, 0.2) is 9.59 Å². The highest BCUT2D eigenvalue weighted by Crippen LogP contribution is 2.10. The van der Waals surface area contributed by atoms with Crippen molar-refractivity contribution in [2.45, 2.75) is 33.4 Å². The number of nitrogens with zero attached hydrogens (tertiary/aromatic N) is 4. The van der Waals surface area contributed by atoms with Gasteiger partial charge in [-0.15, -0.1) is 0 Å². The Bertz CT molecular complexity index is 722. The minimum absolute atomic E-state index is 0.222. The number of aromatic nitrogens is 4. The highest BCUT2D eigenvalue weighted by molar-refractivity contribution is 5.71. The Hall–Kier alpha value is -1.89. The fraction of sp³-hybridized carbons (Fsp3) is 0.583. The molecule has 0 unspecified atom stereocenters. The van der Waals surface area contributed by atoms with Crippen molar-refractivity contribution in [2.75, 3.05) is 6.54 Å². The van der Waals surface area contributed by atoms with E-state index in [2.05, 4.69) is 4.98 Å². The molecule has 19 heavy (non-hydrogen) atoms. The molecule has 2 rings (SSSR count). The first-order chi connectivity index (χ1) is 9.06. The SMILES string of the molecule is CCc1nc2c(c(=O)n(CCN)c(=O)n2CC)n1C. The van der Waals surface area contributed by atoms with Crippen LogP contribution in [0.3, 0.4) is 0 Å². The van der Waals surface area contributed by atoms with E-state index in [0.29, 0.717) is 24.1 Å². The highest BCUT2D eigenvalue weighted by Gasteiger charge is 2.18. The standard InChI is InChI=1S/C12H19N5O2/c1-4-8-14-10-9(15(8)3)11(18)17(7-6-13)12(19)16(10)5-2/h4-7,13H2,1-3H3. The summed E-state index contributed by atoms with van der Waals surface area (Å²) in [6, 6.07) is 0. The van der Waals surface area contributed by atoms with Crippen LogP contribution in [0.5, 0.6) is 0 Å². The quantitative estimate of drug-likeness (QED) is 0.802. The third kappa shape index (κ3) is 1.90.